The number of likely N-dealkylation sites (N-methyl/N-ethyl adjacent to an activating group) is 1. The van der Waals surface area contributed by atoms with Gasteiger partial charge in [-0.15, -0.1) is 0 Å². The summed E-state index contributed by atoms with van der Waals surface area (Å²) in [6.07, 6.45) is 3.86. The Labute approximate surface area is 134 Å². The van der Waals surface area contributed by atoms with Crippen LogP contribution in [-0.2, 0) is 0 Å². The highest BCUT2D eigenvalue weighted by molar-refractivity contribution is 6.30. The lowest BCUT2D eigenvalue weighted by Gasteiger charge is -2.24. The third-order valence-electron chi connectivity index (χ3n) is 4.40. The number of nitrogens with one attached hydrogen (secondary N) is 1. The third-order valence-corrected chi connectivity index (χ3v) is 4.63. The summed E-state index contributed by atoms with van der Waals surface area (Å²) in [5, 5.41) is 4.22. The van der Waals surface area contributed by atoms with Crippen molar-refractivity contribution < 1.29 is 0 Å². The first-order chi connectivity index (χ1) is 10.2. The maximum absolute atomic E-state index is 6.09. The largest absolute Gasteiger partial charge is 0.313 e. The van der Waals surface area contributed by atoms with Crippen molar-refractivity contribution in [1.29, 1.82) is 0 Å². The Balaban J connectivity index is 1.74. The van der Waals surface area contributed by atoms with E-state index in [4.69, 9.17) is 11.6 Å². The van der Waals surface area contributed by atoms with Crippen LogP contribution in [-0.4, -0.2) is 56.6 Å². The van der Waals surface area contributed by atoms with Crippen LogP contribution in [0.5, 0.6) is 0 Å². The highest BCUT2D eigenvalue weighted by Gasteiger charge is 2.13. The fourth-order valence-corrected chi connectivity index (χ4v) is 3.18. The molecular weight excluding hydrogens is 282 g/mol. The number of likely N-dealkylation sites (tertiary alicyclic amines) is 1. The second-order valence-electron chi connectivity index (χ2n) is 6.04. The van der Waals surface area contributed by atoms with Gasteiger partial charge in [0.1, 0.15) is 0 Å². The van der Waals surface area contributed by atoms with Crippen LogP contribution in [0, 0.1) is 0 Å². The van der Waals surface area contributed by atoms with Crippen LogP contribution in [0.2, 0.25) is 5.02 Å². The lowest BCUT2D eigenvalue weighted by Crippen LogP contribution is -2.33. The van der Waals surface area contributed by atoms with E-state index in [0.29, 0.717) is 6.04 Å². The molecule has 0 spiro atoms. The Morgan fingerprint density at radius 2 is 2.05 bits per heavy atom. The fraction of sp³-hybridized carbons (Fsp3) is 0.647. The zero-order valence-electron chi connectivity index (χ0n) is 13.3. The molecule has 1 aliphatic rings. The summed E-state index contributed by atoms with van der Waals surface area (Å²) in [4.78, 5) is 5.01. The van der Waals surface area contributed by atoms with E-state index in [1.54, 1.807) is 0 Å². The number of hydrogen-bond acceptors (Lipinski definition) is 3. The highest BCUT2D eigenvalue weighted by Crippen LogP contribution is 2.20. The van der Waals surface area contributed by atoms with E-state index in [1.807, 2.05) is 19.2 Å². The molecule has 118 valence electrons. The van der Waals surface area contributed by atoms with E-state index in [2.05, 4.69) is 34.3 Å². The van der Waals surface area contributed by atoms with Crippen molar-refractivity contribution in [2.45, 2.75) is 25.3 Å². The van der Waals surface area contributed by atoms with Crippen LogP contribution < -0.4 is 5.32 Å². The van der Waals surface area contributed by atoms with E-state index < -0.39 is 0 Å². The summed E-state index contributed by atoms with van der Waals surface area (Å²) in [6.45, 7) is 6.04. The van der Waals surface area contributed by atoms with Crippen molar-refractivity contribution in [2.24, 2.45) is 0 Å². The maximum atomic E-state index is 6.09. The molecule has 0 aliphatic carbocycles. The molecule has 1 aromatic rings. The van der Waals surface area contributed by atoms with E-state index in [1.165, 1.54) is 38.0 Å². The van der Waals surface area contributed by atoms with Crippen LogP contribution >= 0.6 is 11.6 Å². The van der Waals surface area contributed by atoms with Crippen LogP contribution in [0.1, 0.15) is 30.9 Å². The maximum Gasteiger partial charge on any atom is 0.0409 e. The monoisotopic (exact) mass is 309 g/mol. The standard InChI is InChI=1S/C17H28ClN3/c1-19-17(15-6-5-7-16(18)14-15)8-11-20(2)12-13-21-9-3-4-10-21/h5-7,14,17,19H,3-4,8-13H2,1-2H3. The number of nitrogens with zero attached hydrogens (tertiary/aromatic N) is 2. The first kappa shape index (κ1) is 16.8. The van der Waals surface area contributed by atoms with Crippen LogP contribution in [0.4, 0.5) is 0 Å². The van der Waals surface area contributed by atoms with E-state index in [0.717, 1.165) is 24.5 Å². The van der Waals surface area contributed by atoms with Crippen molar-refractivity contribution in [3.8, 4) is 0 Å². The SMILES string of the molecule is CNC(CCN(C)CCN1CCCC1)c1cccc(Cl)c1. The summed E-state index contributed by atoms with van der Waals surface area (Å²) >= 11 is 6.09. The Kier molecular flexibility index (Phi) is 6.97. The summed E-state index contributed by atoms with van der Waals surface area (Å²) in [5.41, 5.74) is 1.28. The Bertz CT molecular complexity index is 418. The van der Waals surface area contributed by atoms with Crippen LogP contribution in [0.15, 0.2) is 24.3 Å². The summed E-state index contributed by atoms with van der Waals surface area (Å²) in [5.74, 6) is 0. The van der Waals surface area contributed by atoms with Gasteiger partial charge < -0.3 is 15.1 Å². The second kappa shape index (κ2) is 8.74. The minimum absolute atomic E-state index is 0.373. The van der Waals surface area contributed by atoms with Gasteiger partial charge in [-0.1, -0.05) is 23.7 Å². The predicted molar refractivity (Wildman–Crippen MR) is 91.0 cm³/mol. The second-order valence-corrected chi connectivity index (χ2v) is 6.47. The van der Waals surface area contributed by atoms with Gasteiger partial charge in [-0.3, -0.25) is 0 Å². The summed E-state index contributed by atoms with van der Waals surface area (Å²) < 4.78 is 0. The molecule has 4 heteroatoms. The van der Waals surface area contributed by atoms with Crippen molar-refractivity contribution in [3.05, 3.63) is 34.9 Å². The molecular formula is C17H28ClN3. The van der Waals surface area contributed by atoms with Gasteiger partial charge in [0, 0.05) is 24.2 Å². The Morgan fingerprint density at radius 3 is 2.71 bits per heavy atom. The number of rotatable bonds is 8. The van der Waals surface area contributed by atoms with Crippen LogP contribution in [0.25, 0.3) is 0 Å². The molecule has 1 unspecified atom stereocenters. The van der Waals surface area contributed by atoms with E-state index >= 15 is 0 Å². The average Bonchev–Trinajstić information content (AvgIpc) is 2.99. The zero-order valence-corrected chi connectivity index (χ0v) is 14.1. The molecule has 1 saturated heterocycles. The molecule has 1 aromatic carbocycles. The predicted octanol–water partition coefficient (Wildman–Crippen LogP) is 3.02. The molecule has 0 bridgehead atoms. The molecule has 1 aliphatic heterocycles. The Morgan fingerprint density at radius 1 is 1.29 bits per heavy atom. The zero-order chi connectivity index (χ0) is 15.1. The number of benzene rings is 1. The van der Waals surface area contributed by atoms with Gasteiger partial charge in [0.25, 0.3) is 0 Å². The average molecular weight is 310 g/mol. The minimum Gasteiger partial charge on any atom is -0.313 e. The molecule has 21 heavy (non-hydrogen) atoms. The lowest BCUT2D eigenvalue weighted by molar-refractivity contribution is 0.249. The molecule has 1 N–H and O–H groups in total. The molecule has 1 heterocycles. The normalized spacial score (nSPS) is 17.5. The molecule has 0 amide bonds. The minimum atomic E-state index is 0.373. The van der Waals surface area contributed by atoms with Crippen molar-refractivity contribution in [2.75, 3.05) is 46.8 Å². The van der Waals surface area contributed by atoms with Gasteiger partial charge in [0.05, 0.1) is 0 Å². The lowest BCUT2D eigenvalue weighted by atomic mass is 10.0. The molecule has 0 saturated carbocycles. The molecule has 1 fully saturated rings. The van der Waals surface area contributed by atoms with Gasteiger partial charge in [0.15, 0.2) is 0 Å². The van der Waals surface area contributed by atoms with E-state index in [-0.39, 0.29) is 0 Å². The molecule has 2 rings (SSSR count). The van der Waals surface area contributed by atoms with Crippen molar-refractivity contribution in [3.63, 3.8) is 0 Å². The number of hydrogen-bond donors (Lipinski definition) is 1. The van der Waals surface area contributed by atoms with Gasteiger partial charge in [-0.05, 0) is 70.7 Å². The molecule has 1 atom stereocenters. The first-order valence-corrected chi connectivity index (χ1v) is 8.40. The highest BCUT2D eigenvalue weighted by atomic mass is 35.5. The molecule has 3 nitrogen and oxygen atoms in total. The van der Waals surface area contributed by atoms with Gasteiger partial charge in [-0.2, -0.15) is 0 Å². The third kappa shape index (κ3) is 5.59. The fourth-order valence-electron chi connectivity index (χ4n) is 2.98. The van der Waals surface area contributed by atoms with Crippen LogP contribution in [0.3, 0.4) is 0 Å². The van der Waals surface area contributed by atoms with Gasteiger partial charge in [-0.25, -0.2) is 0 Å². The molecule has 0 aromatic heterocycles. The summed E-state index contributed by atoms with van der Waals surface area (Å²) in [7, 11) is 4.25. The van der Waals surface area contributed by atoms with Crippen molar-refractivity contribution >= 4 is 11.6 Å². The number of halogens is 1. The molecule has 0 radical (unpaired) electrons. The van der Waals surface area contributed by atoms with E-state index in [9.17, 15) is 0 Å². The smallest absolute Gasteiger partial charge is 0.0409 e. The first-order valence-electron chi connectivity index (χ1n) is 8.02. The Hall–Kier alpha value is -0.610. The quantitative estimate of drug-likeness (QED) is 0.796. The van der Waals surface area contributed by atoms with Crippen molar-refractivity contribution in [1.82, 2.24) is 15.1 Å². The van der Waals surface area contributed by atoms with Gasteiger partial charge >= 0.3 is 0 Å². The summed E-state index contributed by atoms with van der Waals surface area (Å²) in [6, 6.07) is 8.54. The topological polar surface area (TPSA) is 18.5 Å². The van der Waals surface area contributed by atoms with Gasteiger partial charge in [0.2, 0.25) is 0 Å².